The Labute approximate surface area is 201 Å². The van der Waals surface area contributed by atoms with Gasteiger partial charge >= 0.3 is 0 Å². The van der Waals surface area contributed by atoms with Gasteiger partial charge in [0.1, 0.15) is 12.6 Å². The van der Waals surface area contributed by atoms with E-state index < -0.39 is 46.1 Å². The Kier molecular flexibility index (Phi) is 9.04. The molecule has 0 bridgehead atoms. The molecule has 0 radical (unpaired) electrons. The van der Waals surface area contributed by atoms with Gasteiger partial charge in [-0.15, -0.1) is 0 Å². The summed E-state index contributed by atoms with van der Waals surface area (Å²) in [4.78, 5) is 26.9. The van der Waals surface area contributed by atoms with Crippen molar-refractivity contribution in [1.82, 2.24) is 10.2 Å². The van der Waals surface area contributed by atoms with Gasteiger partial charge in [0.15, 0.2) is 11.6 Å². The number of nitrogens with one attached hydrogen (secondary N) is 1. The smallest absolute Gasteiger partial charge is 0.244 e. The van der Waals surface area contributed by atoms with Crippen LogP contribution in [0.5, 0.6) is 0 Å². The SMILES string of the molecule is CCNC(=O)[C@@H](C)N(Cc1c(Cl)cccc1Cl)C(=O)CN(c1ccc(F)c(F)c1)S(C)(=O)=O. The molecule has 0 saturated heterocycles. The maximum absolute atomic E-state index is 13.7. The predicted molar refractivity (Wildman–Crippen MR) is 124 cm³/mol. The van der Waals surface area contributed by atoms with Crippen molar-refractivity contribution in [1.29, 1.82) is 0 Å². The lowest BCUT2D eigenvalue weighted by Gasteiger charge is -2.31. The molecule has 0 fully saturated rings. The van der Waals surface area contributed by atoms with Gasteiger partial charge in [-0.05, 0) is 38.1 Å². The van der Waals surface area contributed by atoms with Gasteiger partial charge < -0.3 is 10.2 Å². The number of rotatable bonds is 9. The molecule has 2 aromatic rings. The Morgan fingerprint density at radius 3 is 2.21 bits per heavy atom. The lowest BCUT2D eigenvalue weighted by atomic mass is 10.1. The highest BCUT2D eigenvalue weighted by Gasteiger charge is 2.31. The van der Waals surface area contributed by atoms with E-state index in [9.17, 15) is 26.8 Å². The average molecular weight is 522 g/mol. The molecule has 33 heavy (non-hydrogen) atoms. The molecule has 2 amide bonds. The van der Waals surface area contributed by atoms with Crippen LogP contribution in [-0.4, -0.2) is 50.5 Å². The predicted octanol–water partition coefficient (Wildman–Crippen LogP) is 3.59. The molecule has 0 saturated carbocycles. The minimum absolute atomic E-state index is 0.189. The minimum atomic E-state index is -4.08. The maximum Gasteiger partial charge on any atom is 0.244 e. The Morgan fingerprint density at radius 1 is 1.09 bits per heavy atom. The van der Waals surface area contributed by atoms with Crippen LogP contribution in [0.2, 0.25) is 10.0 Å². The van der Waals surface area contributed by atoms with Crippen molar-refractivity contribution in [3.8, 4) is 0 Å². The van der Waals surface area contributed by atoms with Crippen molar-refractivity contribution in [2.45, 2.75) is 26.4 Å². The van der Waals surface area contributed by atoms with Crippen molar-refractivity contribution in [3.63, 3.8) is 0 Å². The van der Waals surface area contributed by atoms with Crippen LogP contribution in [-0.2, 0) is 26.2 Å². The number of carbonyl (C=O) groups is 2. The number of anilines is 1. The second kappa shape index (κ2) is 11.1. The second-order valence-electron chi connectivity index (χ2n) is 7.16. The molecule has 0 aliphatic rings. The number of carbonyl (C=O) groups excluding carboxylic acids is 2. The largest absolute Gasteiger partial charge is 0.355 e. The Balaban J connectivity index is 2.46. The Bertz CT molecular complexity index is 1130. The second-order valence-corrected chi connectivity index (χ2v) is 9.88. The first kappa shape index (κ1) is 26.8. The van der Waals surface area contributed by atoms with Gasteiger partial charge in [-0.3, -0.25) is 13.9 Å². The molecular weight excluding hydrogens is 499 g/mol. The van der Waals surface area contributed by atoms with E-state index >= 15 is 0 Å². The van der Waals surface area contributed by atoms with E-state index in [2.05, 4.69) is 5.32 Å². The summed E-state index contributed by atoms with van der Waals surface area (Å²) in [5.41, 5.74) is 0.121. The molecule has 0 spiro atoms. The van der Waals surface area contributed by atoms with Gasteiger partial charge in [-0.25, -0.2) is 17.2 Å². The number of nitrogens with zero attached hydrogens (tertiary/aromatic N) is 2. The van der Waals surface area contributed by atoms with E-state index in [0.717, 1.165) is 23.3 Å². The van der Waals surface area contributed by atoms with Gasteiger partial charge in [0.25, 0.3) is 0 Å². The third kappa shape index (κ3) is 6.78. The maximum atomic E-state index is 13.7. The van der Waals surface area contributed by atoms with Crippen LogP contribution in [0.4, 0.5) is 14.5 Å². The Hall–Kier alpha value is -2.43. The first-order valence-electron chi connectivity index (χ1n) is 9.79. The molecule has 180 valence electrons. The zero-order chi connectivity index (χ0) is 24.9. The van der Waals surface area contributed by atoms with Crippen LogP contribution < -0.4 is 9.62 Å². The van der Waals surface area contributed by atoms with Crippen molar-refractivity contribution in [3.05, 3.63) is 63.6 Å². The van der Waals surface area contributed by atoms with Crippen molar-refractivity contribution < 1.29 is 26.8 Å². The number of benzene rings is 2. The van der Waals surface area contributed by atoms with Gasteiger partial charge in [0, 0.05) is 34.8 Å². The fraction of sp³-hybridized carbons (Fsp3) is 0.333. The number of hydrogen-bond donors (Lipinski definition) is 1. The molecule has 2 rings (SSSR count). The van der Waals surface area contributed by atoms with Crippen LogP contribution in [0.3, 0.4) is 0 Å². The van der Waals surface area contributed by atoms with Crippen molar-refractivity contribution in [2.24, 2.45) is 0 Å². The van der Waals surface area contributed by atoms with E-state index in [1.807, 2.05) is 0 Å². The lowest BCUT2D eigenvalue weighted by Crippen LogP contribution is -2.51. The van der Waals surface area contributed by atoms with E-state index in [1.54, 1.807) is 25.1 Å². The van der Waals surface area contributed by atoms with E-state index in [1.165, 1.54) is 6.92 Å². The highest BCUT2D eigenvalue weighted by molar-refractivity contribution is 7.92. The summed E-state index contributed by atoms with van der Waals surface area (Å²) in [6.07, 6.45) is 0.823. The summed E-state index contributed by atoms with van der Waals surface area (Å²) in [6.45, 7) is 2.52. The number of sulfonamides is 1. The Morgan fingerprint density at radius 2 is 1.70 bits per heavy atom. The highest BCUT2D eigenvalue weighted by Crippen LogP contribution is 2.27. The monoisotopic (exact) mass is 521 g/mol. The third-order valence-corrected chi connectivity index (χ3v) is 6.63. The summed E-state index contributed by atoms with van der Waals surface area (Å²) in [5, 5.41) is 3.11. The van der Waals surface area contributed by atoms with Crippen molar-refractivity contribution in [2.75, 3.05) is 23.7 Å². The minimum Gasteiger partial charge on any atom is -0.355 e. The first-order valence-corrected chi connectivity index (χ1v) is 12.4. The molecule has 2 aromatic carbocycles. The van der Waals surface area contributed by atoms with Crippen LogP contribution in [0.15, 0.2) is 36.4 Å². The van der Waals surface area contributed by atoms with Crippen LogP contribution in [0.25, 0.3) is 0 Å². The molecule has 1 atom stereocenters. The standard InChI is InChI=1S/C21H23Cl2F2N3O4S/c1-4-26-21(30)13(2)27(11-15-16(22)6-5-7-17(15)23)20(29)12-28(33(3,31)32)14-8-9-18(24)19(25)10-14/h5-10,13H,4,11-12H2,1-3H3,(H,26,30)/t13-/m1/s1. The summed E-state index contributed by atoms with van der Waals surface area (Å²) in [5.74, 6) is -3.70. The van der Waals surface area contributed by atoms with Gasteiger partial charge in [0.05, 0.1) is 11.9 Å². The first-order chi connectivity index (χ1) is 15.4. The average Bonchev–Trinajstić information content (AvgIpc) is 2.72. The number of halogens is 4. The van der Waals surface area contributed by atoms with Crippen LogP contribution in [0.1, 0.15) is 19.4 Å². The molecule has 0 aromatic heterocycles. The fourth-order valence-corrected chi connectivity index (χ4v) is 4.37. The van der Waals surface area contributed by atoms with E-state index in [-0.39, 0.29) is 22.3 Å². The van der Waals surface area contributed by atoms with Gasteiger partial charge in [-0.2, -0.15) is 0 Å². The molecule has 0 unspecified atom stereocenters. The summed E-state index contributed by atoms with van der Waals surface area (Å²) >= 11 is 12.4. The third-order valence-electron chi connectivity index (χ3n) is 4.78. The molecule has 7 nitrogen and oxygen atoms in total. The number of likely N-dealkylation sites (N-methyl/N-ethyl adjacent to an activating group) is 1. The number of amides is 2. The summed E-state index contributed by atoms with van der Waals surface area (Å²) in [6, 6.07) is 6.18. The number of hydrogen-bond acceptors (Lipinski definition) is 4. The van der Waals surface area contributed by atoms with Crippen LogP contribution >= 0.6 is 23.2 Å². The highest BCUT2D eigenvalue weighted by atomic mass is 35.5. The van der Waals surface area contributed by atoms with Gasteiger partial charge in [0.2, 0.25) is 21.8 Å². The molecule has 0 aliphatic heterocycles. The topological polar surface area (TPSA) is 86.8 Å². The van der Waals surface area contributed by atoms with E-state index in [4.69, 9.17) is 23.2 Å². The molecule has 0 aliphatic carbocycles. The van der Waals surface area contributed by atoms with Crippen molar-refractivity contribution >= 4 is 50.7 Å². The normalized spacial score (nSPS) is 12.2. The summed E-state index contributed by atoms with van der Waals surface area (Å²) in [7, 11) is -4.08. The molecule has 12 heteroatoms. The van der Waals surface area contributed by atoms with Crippen LogP contribution in [0, 0.1) is 11.6 Å². The fourth-order valence-electron chi connectivity index (χ4n) is 3.01. The molecule has 1 N–H and O–H groups in total. The molecular formula is C21H23Cl2F2N3O4S. The summed E-state index contributed by atoms with van der Waals surface area (Å²) < 4.78 is 52.5. The lowest BCUT2D eigenvalue weighted by molar-refractivity contribution is -0.139. The zero-order valence-corrected chi connectivity index (χ0v) is 20.4. The zero-order valence-electron chi connectivity index (χ0n) is 18.1. The van der Waals surface area contributed by atoms with Gasteiger partial charge in [-0.1, -0.05) is 29.3 Å². The molecule has 0 heterocycles. The van der Waals surface area contributed by atoms with E-state index in [0.29, 0.717) is 22.5 Å². The quantitative estimate of drug-likeness (QED) is 0.546.